The maximum atomic E-state index is 11.5. The van der Waals surface area contributed by atoms with Crippen molar-refractivity contribution in [1.82, 2.24) is 0 Å². The number of rotatable bonds is 6. The average Bonchev–Trinajstić information content (AvgIpc) is 2.31. The second-order valence-electron chi connectivity index (χ2n) is 3.70. The Kier molecular flexibility index (Phi) is 4.87. The van der Waals surface area contributed by atoms with Crippen LogP contribution in [0, 0.1) is 0 Å². The van der Waals surface area contributed by atoms with Gasteiger partial charge in [-0.15, -0.1) is 11.8 Å². The Morgan fingerprint density at radius 1 is 1.31 bits per heavy atom. The molecular weight excluding hydrogens is 220 g/mol. The topological polar surface area (TPSA) is 37.3 Å². The first-order valence-corrected chi connectivity index (χ1v) is 6.58. The maximum Gasteiger partial charge on any atom is 0.324 e. The largest absolute Gasteiger partial charge is 0.480 e. The molecule has 1 aromatic carbocycles. The van der Waals surface area contributed by atoms with E-state index in [1.54, 1.807) is 0 Å². The number of carboxylic acid groups (broad SMARTS) is 1. The second kappa shape index (κ2) is 5.94. The molecule has 1 atom stereocenters. The van der Waals surface area contributed by atoms with E-state index in [9.17, 15) is 9.90 Å². The van der Waals surface area contributed by atoms with Gasteiger partial charge in [0.2, 0.25) is 0 Å². The van der Waals surface area contributed by atoms with Gasteiger partial charge in [-0.2, -0.15) is 0 Å². The fourth-order valence-electron chi connectivity index (χ4n) is 1.71. The number of thioether (sulfide) groups is 1. The third kappa shape index (κ3) is 2.59. The molecule has 1 aromatic rings. The summed E-state index contributed by atoms with van der Waals surface area (Å²) in [5.74, 6) is 0.134. The summed E-state index contributed by atoms with van der Waals surface area (Å²) in [4.78, 5) is 11.5. The van der Waals surface area contributed by atoms with Crippen molar-refractivity contribution in [2.45, 2.75) is 31.4 Å². The van der Waals surface area contributed by atoms with E-state index in [-0.39, 0.29) is 0 Å². The fraction of sp³-hybridized carbons (Fsp3) is 0.462. The van der Waals surface area contributed by atoms with Crippen LogP contribution in [0.25, 0.3) is 0 Å². The summed E-state index contributed by atoms with van der Waals surface area (Å²) in [5, 5.41) is 9.48. The zero-order valence-electron chi connectivity index (χ0n) is 9.77. The van der Waals surface area contributed by atoms with Crippen LogP contribution in [0.2, 0.25) is 0 Å². The fourth-order valence-corrected chi connectivity index (χ4v) is 2.89. The third-order valence-electron chi connectivity index (χ3n) is 2.64. The molecule has 0 saturated carbocycles. The van der Waals surface area contributed by atoms with Crippen molar-refractivity contribution >= 4 is 17.7 Å². The summed E-state index contributed by atoms with van der Waals surface area (Å²) in [5.41, 5.74) is 0.892. The molecule has 0 amide bonds. The minimum absolute atomic E-state index is 0.608. The number of carboxylic acids is 1. The first-order valence-electron chi connectivity index (χ1n) is 5.60. The molecule has 0 aliphatic rings. The van der Waals surface area contributed by atoms with Gasteiger partial charge in [0.15, 0.2) is 0 Å². The Bertz CT molecular complexity index is 337. The summed E-state index contributed by atoms with van der Waals surface area (Å²) in [7, 11) is 0. The second-order valence-corrected chi connectivity index (χ2v) is 5.09. The van der Waals surface area contributed by atoms with Crippen LogP contribution in [0.3, 0.4) is 0 Å². The molecule has 0 aliphatic carbocycles. The normalized spacial score (nSPS) is 14.4. The maximum absolute atomic E-state index is 11.5. The molecule has 0 bridgehead atoms. The molecule has 0 aromatic heterocycles. The van der Waals surface area contributed by atoms with Gasteiger partial charge < -0.3 is 5.11 Å². The van der Waals surface area contributed by atoms with E-state index in [1.165, 1.54) is 11.8 Å². The highest BCUT2D eigenvalue weighted by Gasteiger charge is 2.38. The molecule has 1 rings (SSSR count). The smallest absolute Gasteiger partial charge is 0.324 e. The molecule has 0 saturated heterocycles. The molecule has 16 heavy (non-hydrogen) atoms. The van der Waals surface area contributed by atoms with Crippen LogP contribution < -0.4 is 0 Å². The van der Waals surface area contributed by atoms with Crippen LogP contribution in [0.15, 0.2) is 30.3 Å². The molecule has 0 spiro atoms. The molecule has 1 N–H and O–H groups in total. The van der Waals surface area contributed by atoms with Crippen molar-refractivity contribution in [2.24, 2.45) is 0 Å². The van der Waals surface area contributed by atoms with Gasteiger partial charge in [-0.05, 0) is 24.2 Å². The lowest BCUT2D eigenvalue weighted by atomic mass is 9.95. The van der Waals surface area contributed by atoms with E-state index in [1.807, 2.05) is 37.3 Å². The minimum atomic E-state index is -0.780. The van der Waals surface area contributed by atoms with Crippen LogP contribution in [-0.2, 0) is 9.54 Å². The SMILES string of the molecule is CCCSC(CC)(C(=O)O)c1ccccc1. The standard InChI is InChI=1S/C13H18O2S/c1-3-10-16-13(4-2,12(14)15)11-8-6-5-7-9-11/h5-9H,3-4,10H2,1-2H3,(H,14,15). The Morgan fingerprint density at radius 2 is 1.94 bits per heavy atom. The van der Waals surface area contributed by atoms with Gasteiger partial charge in [-0.25, -0.2) is 0 Å². The first-order chi connectivity index (χ1) is 7.67. The van der Waals surface area contributed by atoms with Crippen LogP contribution in [0.4, 0.5) is 0 Å². The summed E-state index contributed by atoms with van der Waals surface area (Å²) < 4.78 is -0.780. The minimum Gasteiger partial charge on any atom is -0.480 e. The lowest BCUT2D eigenvalue weighted by Crippen LogP contribution is -2.32. The van der Waals surface area contributed by atoms with Gasteiger partial charge in [0.25, 0.3) is 0 Å². The predicted molar refractivity (Wildman–Crippen MR) is 68.8 cm³/mol. The Labute approximate surface area is 101 Å². The lowest BCUT2D eigenvalue weighted by molar-refractivity contribution is -0.140. The summed E-state index contributed by atoms with van der Waals surface area (Å²) in [6.45, 7) is 4.00. The Balaban J connectivity index is 3.07. The molecule has 1 unspecified atom stereocenters. The summed E-state index contributed by atoms with van der Waals surface area (Å²) in [6, 6.07) is 9.52. The number of benzene rings is 1. The van der Waals surface area contributed by atoms with Gasteiger partial charge in [0.1, 0.15) is 4.75 Å². The molecule has 2 nitrogen and oxygen atoms in total. The Morgan fingerprint density at radius 3 is 2.38 bits per heavy atom. The van der Waals surface area contributed by atoms with Crippen molar-refractivity contribution in [3.63, 3.8) is 0 Å². The third-order valence-corrected chi connectivity index (χ3v) is 4.44. The van der Waals surface area contributed by atoms with Crippen LogP contribution in [0.5, 0.6) is 0 Å². The zero-order valence-corrected chi connectivity index (χ0v) is 10.6. The number of hydrogen-bond donors (Lipinski definition) is 1. The van der Waals surface area contributed by atoms with E-state index in [0.29, 0.717) is 6.42 Å². The highest BCUT2D eigenvalue weighted by atomic mass is 32.2. The van der Waals surface area contributed by atoms with E-state index in [0.717, 1.165) is 17.7 Å². The highest BCUT2D eigenvalue weighted by Crippen LogP contribution is 2.40. The molecular formula is C13H18O2S. The first kappa shape index (κ1) is 13.1. The van der Waals surface area contributed by atoms with Crippen molar-refractivity contribution in [3.8, 4) is 0 Å². The van der Waals surface area contributed by atoms with Crippen LogP contribution in [0.1, 0.15) is 32.3 Å². The van der Waals surface area contributed by atoms with Crippen molar-refractivity contribution in [3.05, 3.63) is 35.9 Å². The van der Waals surface area contributed by atoms with Gasteiger partial charge in [0, 0.05) is 0 Å². The Hall–Kier alpha value is -0.960. The quantitative estimate of drug-likeness (QED) is 0.824. The number of hydrogen-bond acceptors (Lipinski definition) is 2. The van der Waals surface area contributed by atoms with Crippen molar-refractivity contribution < 1.29 is 9.90 Å². The van der Waals surface area contributed by atoms with Gasteiger partial charge in [-0.3, -0.25) is 4.79 Å². The predicted octanol–water partition coefficient (Wildman–Crippen LogP) is 3.52. The molecule has 0 heterocycles. The lowest BCUT2D eigenvalue weighted by Gasteiger charge is -2.28. The van der Waals surface area contributed by atoms with Crippen LogP contribution >= 0.6 is 11.8 Å². The van der Waals surface area contributed by atoms with Gasteiger partial charge in [0.05, 0.1) is 0 Å². The van der Waals surface area contributed by atoms with E-state index in [2.05, 4.69) is 6.92 Å². The summed E-state index contributed by atoms with van der Waals surface area (Å²) in [6.07, 6.45) is 1.60. The van der Waals surface area contributed by atoms with E-state index < -0.39 is 10.7 Å². The number of aliphatic carboxylic acids is 1. The van der Waals surface area contributed by atoms with Crippen LogP contribution in [-0.4, -0.2) is 16.8 Å². The van der Waals surface area contributed by atoms with Gasteiger partial charge in [-0.1, -0.05) is 44.2 Å². The highest BCUT2D eigenvalue weighted by molar-refractivity contribution is 8.00. The number of carbonyl (C=O) groups is 1. The van der Waals surface area contributed by atoms with E-state index >= 15 is 0 Å². The van der Waals surface area contributed by atoms with Gasteiger partial charge >= 0.3 is 5.97 Å². The average molecular weight is 238 g/mol. The molecule has 88 valence electrons. The molecule has 0 aliphatic heterocycles. The zero-order chi connectivity index (χ0) is 12.0. The van der Waals surface area contributed by atoms with Crippen molar-refractivity contribution in [1.29, 1.82) is 0 Å². The monoisotopic (exact) mass is 238 g/mol. The molecule has 0 fully saturated rings. The molecule has 3 heteroatoms. The van der Waals surface area contributed by atoms with E-state index in [4.69, 9.17) is 0 Å². The summed E-state index contributed by atoms with van der Waals surface area (Å²) >= 11 is 1.53. The molecule has 0 radical (unpaired) electrons. The van der Waals surface area contributed by atoms with Crippen molar-refractivity contribution in [2.75, 3.05) is 5.75 Å².